The molecule has 0 aliphatic carbocycles. The quantitative estimate of drug-likeness (QED) is 0.674. The van der Waals surface area contributed by atoms with Gasteiger partial charge in [-0.05, 0) is 42.5 Å². The van der Waals surface area contributed by atoms with Gasteiger partial charge in [-0.3, -0.25) is 4.79 Å². The average molecular weight is 437 g/mol. The van der Waals surface area contributed by atoms with Crippen LogP contribution in [0.15, 0.2) is 60.0 Å². The fourth-order valence-electron chi connectivity index (χ4n) is 2.76. The highest BCUT2D eigenvalue weighted by Crippen LogP contribution is 2.25. The second-order valence-corrected chi connectivity index (χ2v) is 8.58. The summed E-state index contributed by atoms with van der Waals surface area (Å²) >= 11 is 6.16. The predicted octanol–water partition coefficient (Wildman–Crippen LogP) is 3.18. The number of carbonyl (C=O) groups excluding carboxylic acids is 1. The third kappa shape index (κ3) is 5.16. The lowest BCUT2D eigenvalue weighted by atomic mass is 10.2. The first-order chi connectivity index (χ1) is 13.9. The number of anilines is 1. The number of benzene rings is 2. The lowest BCUT2D eigenvalue weighted by Crippen LogP contribution is -2.40. The van der Waals surface area contributed by atoms with Gasteiger partial charge in [0.1, 0.15) is 12.4 Å². The fraction of sp³-hybridized carbons (Fsp3) is 0.250. The summed E-state index contributed by atoms with van der Waals surface area (Å²) in [6.45, 7) is 5.18. The van der Waals surface area contributed by atoms with Crippen molar-refractivity contribution in [3.8, 4) is 5.75 Å². The van der Waals surface area contributed by atoms with E-state index in [1.807, 2.05) is 0 Å². The molecule has 1 saturated heterocycles. The number of rotatable bonds is 7. The molecule has 0 bridgehead atoms. The van der Waals surface area contributed by atoms with E-state index in [1.165, 1.54) is 22.5 Å². The van der Waals surface area contributed by atoms with Gasteiger partial charge < -0.3 is 14.8 Å². The summed E-state index contributed by atoms with van der Waals surface area (Å²) in [6, 6.07) is 10.9. The number of nitrogens with zero attached hydrogens (tertiary/aromatic N) is 1. The first-order valence-corrected chi connectivity index (χ1v) is 10.8. The molecule has 1 aliphatic rings. The van der Waals surface area contributed by atoms with Gasteiger partial charge in [-0.15, -0.1) is 0 Å². The number of morpholine rings is 1. The zero-order valence-corrected chi connectivity index (χ0v) is 17.2. The van der Waals surface area contributed by atoms with Crippen LogP contribution >= 0.6 is 11.6 Å². The Morgan fingerprint density at radius 1 is 1.21 bits per heavy atom. The summed E-state index contributed by atoms with van der Waals surface area (Å²) in [7, 11) is -3.73. The number of halogens is 1. The van der Waals surface area contributed by atoms with Crippen molar-refractivity contribution in [1.82, 2.24) is 4.31 Å². The molecule has 29 heavy (non-hydrogen) atoms. The van der Waals surface area contributed by atoms with Gasteiger partial charge in [0.2, 0.25) is 10.0 Å². The van der Waals surface area contributed by atoms with Crippen molar-refractivity contribution < 1.29 is 22.7 Å². The molecule has 9 heteroatoms. The van der Waals surface area contributed by atoms with Gasteiger partial charge in [-0.2, -0.15) is 4.31 Å². The number of amides is 1. The molecule has 1 amide bonds. The van der Waals surface area contributed by atoms with E-state index >= 15 is 0 Å². The van der Waals surface area contributed by atoms with Crippen molar-refractivity contribution in [2.24, 2.45) is 0 Å². The third-order valence-corrected chi connectivity index (χ3v) is 6.49. The summed E-state index contributed by atoms with van der Waals surface area (Å²) in [5, 5.41) is 2.87. The van der Waals surface area contributed by atoms with Crippen molar-refractivity contribution in [2.45, 2.75) is 4.90 Å². The number of sulfonamides is 1. The van der Waals surface area contributed by atoms with Crippen molar-refractivity contribution in [3.63, 3.8) is 0 Å². The van der Waals surface area contributed by atoms with Crippen LogP contribution in [0.5, 0.6) is 5.75 Å². The van der Waals surface area contributed by atoms with E-state index in [2.05, 4.69) is 11.9 Å². The molecule has 0 atom stereocenters. The third-order valence-electron chi connectivity index (χ3n) is 4.27. The van der Waals surface area contributed by atoms with E-state index in [0.717, 1.165) is 0 Å². The number of carbonyl (C=O) groups is 1. The Hall–Kier alpha value is -2.39. The van der Waals surface area contributed by atoms with Gasteiger partial charge in [0.25, 0.3) is 5.91 Å². The molecule has 2 aromatic rings. The van der Waals surface area contributed by atoms with Crippen LogP contribution in [0.2, 0.25) is 5.02 Å². The highest BCUT2D eigenvalue weighted by molar-refractivity contribution is 7.89. The first kappa shape index (κ1) is 21.3. The number of nitrogens with one attached hydrogen (secondary N) is 1. The smallest absolute Gasteiger partial charge is 0.257 e. The van der Waals surface area contributed by atoms with Gasteiger partial charge in [-0.25, -0.2) is 8.42 Å². The topological polar surface area (TPSA) is 84.9 Å². The molecule has 154 valence electrons. The minimum atomic E-state index is -3.73. The van der Waals surface area contributed by atoms with Crippen LogP contribution in [0.1, 0.15) is 10.4 Å². The van der Waals surface area contributed by atoms with Gasteiger partial charge in [0, 0.05) is 18.8 Å². The zero-order valence-electron chi connectivity index (χ0n) is 15.6. The summed E-state index contributed by atoms with van der Waals surface area (Å²) in [5.41, 5.74) is 0.603. The fourth-order valence-corrected chi connectivity index (χ4v) is 4.40. The molecule has 1 aliphatic heterocycles. The number of hydrogen-bond donors (Lipinski definition) is 1. The molecule has 7 nitrogen and oxygen atoms in total. The van der Waals surface area contributed by atoms with E-state index in [-0.39, 0.29) is 28.6 Å². The summed E-state index contributed by atoms with van der Waals surface area (Å²) in [6.07, 6.45) is 1.63. The lowest BCUT2D eigenvalue weighted by Gasteiger charge is -2.26. The van der Waals surface area contributed by atoms with Crippen molar-refractivity contribution in [1.29, 1.82) is 0 Å². The Bertz CT molecular complexity index is 986. The Morgan fingerprint density at radius 3 is 2.55 bits per heavy atom. The Balaban J connectivity index is 1.78. The Morgan fingerprint density at radius 2 is 1.90 bits per heavy atom. The van der Waals surface area contributed by atoms with Crippen LogP contribution in [0.3, 0.4) is 0 Å². The van der Waals surface area contributed by atoms with Gasteiger partial charge in [0.15, 0.2) is 0 Å². The molecular weight excluding hydrogens is 416 g/mol. The van der Waals surface area contributed by atoms with E-state index in [9.17, 15) is 13.2 Å². The van der Waals surface area contributed by atoms with E-state index < -0.39 is 15.9 Å². The first-order valence-electron chi connectivity index (χ1n) is 8.94. The van der Waals surface area contributed by atoms with Crippen LogP contribution in [-0.2, 0) is 14.8 Å². The van der Waals surface area contributed by atoms with Crippen molar-refractivity contribution >= 4 is 33.2 Å². The van der Waals surface area contributed by atoms with Crippen molar-refractivity contribution in [3.05, 3.63) is 65.7 Å². The van der Waals surface area contributed by atoms with Gasteiger partial charge >= 0.3 is 0 Å². The molecule has 0 aromatic heterocycles. The minimum absolute atomic E-state index is 0.0159. The normalized spacial score (nSPS) is 14.9. The highest BCUT2D eigenvalue weighted by atomic mass is 35.5. The van der Waals surface area contributed by atoms with Crippen LogP contribution < -0.4 is 10.1 Å². The van der Waals surface area contributed by atoms with Crippen LogP contribution in [0, 0.1) is 0 Å². The average Bonchev–Trinajstić information content (AvgIpc) is 2.74. The lowest BCUT2D eigenvalue weighted by molar-refractivity contribution is 0.0730. The summed E-state index contributed by atoms with van der Waals surface area (Å²) in [4.78, 5) is 12.7. The molecule has 0 radical (unpaired) electrons. The van der Waals surface area contributed by atoms with Crippen molar-refractivity contribution in [2.75, 3.05) is 38.2 Å². The maximum Gasteiger partial charge on any atom is 0.257 e. The van der Waals surface area contributed by atoms with E-state index in [0.29, 0.717) is 31.3 Å². The summed E-state index contributed by atoms with van der Waals surface area (Å²) < 4.78 is 37.6. The number of ether oxygens (including phenoxy) is 2. The second kappa shape index (κ2) is 9.41. The van der Waals surface area contributed by atoms with Crippen LogP contribution in [0.4, 0.5) is 5.69 Å². The van der Waals surface area contributed by atoms with Gasteiger partial charge in [-0.1, -0.05) is 24.3 Å². The largest absolute Gasteiger partial charge is 0.490 e. The van der Waals surface area contributed by atoms with Crippen LogP contribution in [-0.4, -0.2) is 51.5 Å². The molecule has 1 N–H and O–H groups in total. The Labute approximate surface area is 174 Å². The molecule has 0 saturated carbocycles. The highest BCUT2D eigenvalue weighted by Gasteiger charge is 2.27. The molecule has 3 rings (SSSR count). The molecule has 1 heterocycles. The molecule has 0 unspecified atom stereocenters. The monoisotopic (exact) mass is 436 g/mol. The molecule has 0 spiro atoms. The van der Waals surface area contributed by atoms with E-state index in [1.54, 1.807) is 30.3 Å². The minimum Gasteiger partial charge on any atom is -0.490 e. The van der Waals surface area contributed by atoms with Gasteiger partial charge in [0.05, 0.1) is 28.7 Å². The Kier molecular flexibility index (Phi) is 6.92. The molecule has 2 aromatic carbocycles. The number of hydrogen-bond acceptors (Lipinski definition) is 5. The predicted molar refractivity (Wildman–Crippen MR) is 111 cm³/mol. The molecular formula is C20H21ClN2O5S. The SMILES string of the molecule is C=CCOc1ccc(NC(=O)c2cc(S(=O)(=O)N3CCOCC3)ccc2Cl)cc1. The summed E-state index contributed by atoms with van der Waals surface area (Å²) in [5.74, 6) is 0.133. The maximum absolute atomic E-state index is 12.8. The zero-order chi connectivity index (χ0) is 20.9. The van der Waals surface area contributed by atoms with E-state index in [4.69, 9.17) is 21.1 Å². The second-order valence-electron chi connectivity index (χ2n) is 6.24. The molecule has 1 fully saturated rings. The standard InChI is InChI=1S/C20H21ClN2O5S/c1-2-11-28-16-5-3-15(4-6-16)22-20(24)18-14-17(7-8-19(18)21)29(25,26)23-9-12-27-13-10-23/h2-8,14H,1,9-13H2,(H,22,24). The van der Waals surface area contributed by atoms with Crippen LogP contribution in [0.25, 0.3) is 0 Å². The maximum atomic E-state index is 12.8.